The zero-order valence-corrected chi connectivity index (χ0v) is 21.6. The summed E-state index contributed by atoms with van der Waals surface area (Å²) in [7, 11) is 7.61. The molecule has 1 fully saturated rings. The molecule has 0 saturated carbocycles. The second kappa shape index (κ2) is 10.7. The van der Waals surface area contributed by atoms with Crippen molar-refractivity contribution < 1.29 is 9.47 Å². The molecule has 184 valence electrons. The summed E-state index contributed by atoms with van der Waals surface area (Å²) in [5, 5.41) is 5.03. The van der Waals surface area contributed by atoms with Crippen molar-refractivity contribution in [3.05, 3.63) is 42.0 Å². The summed E-state index contributed by atoms with van der Waals surface area (Å²) in [5.41, 5.74) is 6.12. The number of aromatic nitrogens is 1. The number of nitrogens with one attached hydrogen (secondary N) is 2. The molecule has 3 aromatic rings. The zero-order chi connectivity index (χ0) is 24.2. The molecule has 0 bridgehead atoms. The second-order valence-corrected chi connectivity index (χ2v) is 9.89. The second-order valence-electron chi connectivity index (χ2n) is 9.89. The Balaban J connectivity index is 1.58. The Bertz CT molecular complexity index is 1100. The maximum atomic E-state index is 5.56. The van der Waals surface area contributed by atoms with Crippen molar-refractivity contribution >= 4 is 16.6 Å². The van der Waals surface area contributed by atoms with Gasteiger partial charge in [0.2, 0.25) is 0 Å². The van der Waals surface area contributed by atoms with Gasteiger partial charge in [-0.15, -0.1) is 0 Å². The van der Waals surface area contributed by atoms with Crippen LogP contribution >= 0.6 is 0 Å². The summed E-state index contributed by atoms with van der Waals surface area (Å²) in [4.78, 5) is 8.46. The van der Waals surface area contributed by atoms with Gasteiger partial charge in [-0.3, -0.25) is 0 Å². The number of H-pyrrole nitrogens is 1. The number of ether oxygens (including phenoxy) is 2. The standard InChI is InChI=1S/C28H40N4O2/c1-19(2)27-23-18-22(32-14-11-21(12-15-32)29-13-16-31(3)4)8-9-24(23)30-28(27)20-7-10-25(33-5)26(17-20)34-6/h7-10,17-19,21,29-30H,11-16H2,1-6H3. The highest BCUT2D eigenvalue weighted by molar-refractivity contribution is 5.93. The van der Waals surface area contributed by atoms with Gasteiger partial charge in [0, 0.05) is 54.4 Å². The van der Waals surface area contributed by atoms with Crippen molar-refractivity contribution in [1.29, 1.82) is 0 Å². The number of piperidine rings is 1. The van der Waals surface area contributed by atoms with Gasteiger partial charge in [0.1, 0.15) is 0 Å². The topological polar surface area (TPSA) is 52.8 Å². The highest BCUT2D eigenvalue weighted by Gasteiger charge is 2.22. The quantitative estimate of drug-likeness (QED) is 0.462. The van der Waals surface area contributed by atoms with Crippen LogP contribution in [-0.4, -0.2) is 70.4 Å². The predicted molar refractivity (Wildman–Crippen MR) is 143 cm³/mol. The van der Waals surface area contributed by atoms with Gasteiger partial charge in [0.05, 0.1) is 19.9 Å². The summed E-state index contributed by atoms with van der Waals surface area (Å²) < 4.78 is 11.0. The van der Waals surface area contributed by atoms with Crippen molar-refractivity contribution in [3.63, 3.8) is 0 Å². The fourth-order valence-corrected chi connectivity index (χ4v) is 5.05. The molecule has 0 radical (unpaired) electrons. The van der Waals surface area contributed by atoms with E-state index in [0.29, 0.717) is 12.0 Å². The predicted octanol–water partition coefficient (Wildman–Crippen LogP) is 5.10. The number of aromatic amines is 1. The smallest absolute Gasteiger partial charge is 0.161 e. The van der Waals surface area contributed by atoms with Gasteiger partial charge in [-0.25, -0.2) is 0 Å². The van der Waals surface area contributed by atoms with E-state index in [4.69, 9.17) is 9.47 Å². The molecule has 6 nitrogen and oxygen atoms in total. The molecule has 1 aromatic heterocycles. The number of methoxy groups -OCH3 is 2. The van der Waals surface area contributed by atoms with E-state index in [2.05, 4.69) is 78.4 Å². The van der Waals surface area contributed by atoms with Gasteiger partial charge in [0.25, 0.3) is 0 Å². The number of hydrogen-bond acceptors (Lipinski definition) is 5. The van der Waals surface area contributed by atoms with Gasteiger partial charge >= 0.3 is 0 Å². The number of fused-ring (bicyclic) bond motifs is 1. The van der Waals surface area contributed by atoms with Crippen LogP contribution in [0, 0.1) is 0 Å². The number of likely N-dealkylation sites (N-methyl/N-ethyl adjacent to an activating group) is 1. The summed E-state index contributed by atoms with van der Waals surface area (Å²) in [6, 6.07) is 13.6. The Morgan fingerprint density at radius 2 is 1.76 bits per heavy atom. The van der Waals surface area contributed by atoms with Crippen molar-refractivity contribution in [2.24, 2.45) is 0 Å². The Kier molecular flexibility index (Phi) is 7.69. The molecule has 2 aromatic carbocycles. The molecule has 1 aliphatic rings. The molecule has 0 aliphatic carbocycles. The minimum Gasteiger partial charge on any atom is -0.493 e. The Hall–Kier alpha value is -2.70. The maximum Gasteiger partial charge on any atom is 0.161 e. The van der Waals surface area contributed by atoms with Crippen LogP contribution in [0.3, 0.4) is 0 Å². The van der Waals surface area contributed by atoms with E-state index in [1.807, 2.05) is 6.07 Å². The summed E-state index contributed by atoms with van der Waals surface area (Å²) in [6.07, 6.45) is 2.37. The van der Waals surface area contributed by atoms with Crippen LogP contribution in [0.5, 0.6) is 11.5 Å². The van der Waals surface area contributed by atoms with E-state index in [1.54, 1.807) is 14.2 Å². The molecule has 34 heavy (non-hydrogen) atoms. The van der Waals surface area contributed by atoms with Crippen LogP contribution in [-0.2, 0) is 0 Å². The lowest BCUT2D eigenvalue weighted by atomic mass is 9.95. The molecule has 0 atom stereocenters. The molecule has 2 N–H and O–H groups in total. The molecule has 0 unspecified atom stereocenters. The molecule has 1 saturated heterocycles. The van der Waals surface area contributed by atoms with E-state index in [-0.39, 0.29) is 0 Å². The first-order chi connectivity index (χ1) is 16.4. The zero-order valence-electron chi connectivity index (χ0n) is 21.6. The Labute approximate surface area is 204 Å². The first-order valence-electron chi connectivity index (χ1n) is 12.4. The van der Waals surface area contributed by atoms with E-state index in [0.717, 1.165) is 48.9 Å². The number of rotatable bonds is 9. The van der Waals surface area contributed by atoms with Crippen LogP contribution in [0.1, 0.15) is 38.2 Å². The molecule has 1 aliphatic heterocycles. The lowest BCUT2D eigenvalue weighted by Gasteiger charge is -2.34. The third-order valence-electron chi connectivity index (χ3n) is 6.92. The lowest BCUT2D eigenvalue weighted by Crippen LogP contribution is -2.44. The van der Waals surface area contributed by atoms with Crippen molar-refractivity contribution in [3.8, 4) is 22.8 Å². The molecular formula is C28H40N4O2. The van der Waals surface area contributed by atoms with E-state index in [9.17, 15) is 0 Å². The van der Waals surface area contributed by atoms with Crippen LogP contribution in [0.4, 0.5) is 5.69 Å². The van der Waals surface area contributed by atoms with Gasteiger partial charge in [-0.2, -0.15) is 0 Å². The fourth-order valence-electron chi connectivity index (χ4n) is 5.05. The minimum absolute atomic E-state index is 0.388. The van der Waals surface area contributed by atoms with Crippen molar-refractivity contribution in [1.82, 2.24) is 15.2 Å². The average molecular weight is 465 g/mol. The maximum absolute atomic E-state index is 5.56. The summed E-state index contributed by atoms with van der Waals surface area (Å²) >= 11 is 0. The molecule has 4 rings (SSSR count). The van der Waals surface area contributed by atoms with Gasteiger partial charge in [-0.05, 0) is 74.8 Å². The number of hydrogen-bond donors (Lipinski definition) is 2. The number of anilines is 1. The highest BCUT2D eigenvalue weighted by Crippen LogP contribution is 2.40. The first-order valence-corrected chi connectivity index (χ1v) is 12.4. The normalized spacial score (nSPS) is 15.0. The summed E-state index contributed by atoms with van der Waals surface area (Å²) in [6.45, 7) is 8.87. The van der Waals surface area contributed by atoms with Gasteiger partial charge < -0.3 is 29.6 Å². The van der Waals surface area contributed by atoms with E-state index >= 15 is 0 Å². The molecular weight excluding hydrogens is 424 g/mol. The third kappa shape index (κ3) is 5.18. The molecule has 6 heteroatoms. The highest BCUT2D eigenvalue weighted by atomic mass is 16.5. The van der Waals surface area contributed by atoms with Gasteiger partial charge in [-0.1, -0.05) is 13.8 Å². The third-order valence-corrected chi connectivity index (χ3v) is 6.92. The monoisotopic (exact) mass is 464 g/mol. The molecule has 0 spiro atoms. The Morgan fingerprint density at radius 3 is 2.41 bits per heavy atom. The first kappa shape index (κ1) is 24.4. The SMILES string of the molecule is COc1ccc(-c2[nH]c3ccc(N4CCC(NCCN(C)C)CC4)cc3c2C(C)C)cc1OC. The van der Waals surface area contributed by atoms with E-state index < -0.39 is 0 Å². The van der Waals surface area contributed by atoms with Gasteiger partial charge in [0.15, 0.2) is 11.5 Å². The Morgan fingerprint density at radius 1 is 1.03 bits per heavy atom. The van der Waals surface area contributed by atoms with Crippen LogP contribution in [0.25, 0.3) is 22.2 Å². The molecule has 2 heterocycles. The average Bonchev–Trinajstić information content (AvgIpc) is 3.23. The van der Waals surface area contributed by atoms with Crippen LogP contribution < -0.4 is 19.7 Å². The van der Waals surface area contributed by atoms with Crippen molar-refractivity contribution in [2.45, 2.75) is 38.6 Å². The largest absolute Gasteiger partial charge is 0.493 e. The summed E-state index contributed by atoms with van der Waals surface area (Å²) in [5.74, 6) is 1.88. The van der Waals surface area contributed by atoms with Crippen LogP contribution in [0.15, 0.2) is 36.4 Å². The lowest BCUT2D eigenvalue weighted by molar-refractivity contribution is 0.355. The van der Waals surface area contributed by atoms with Crippen molar-refractivity contribution in [2.75, 3.05) is 59.4 Å². The number of benzene rings is 2. The molecule has 0 amide bonds. The van der Waals surface area contributed by atoms with Crippen LogP contribution in [0.2, 0.25) is 0 Å². The fraction of sp³-hybridized carbons (Fsp3) is 0.500. The minimum atomic E-state index is 0.388. The number of nitrogens with zero attached hydrogens (tertiary/aromatic N) is 2. The van der Waals surface area contributed by atoms with E-state index in [1.165, 1.54) is 35.0 Å².